The van der Waals surface area contributed by atoms with Gasteiger partial charge >= 0.3 is 5.97 Å². The zero-order valence-electron chi connectivity index (χ0n) is 15.1. The van der Waals surface area contributed by atoms with Crippen LogP contribution in [-0.4, -0.2) is 29.4 Å². The molecule has 6 nitrogen and oxygen atoms in total. The number of imide groups is 1. The van der Waals surface area contributed by atoms with Crippen molar-refractivity contribution >= 4 is 40.0 Å². The fraction of sp³-hybridized carbons (Fsp3) is 0.238. The quantitative estimate of drug-likeness (QED) is 0.687. The van der Waals surface area contributed by atoms with E-state index in [0.29, 0.717) is 10.4 Å². The van der Waals surface area contributed by atoms with Crippen molar-refractivity contribution in [2.24, 2.45) is 0 Å². The van der Waals surface area contributed by atoms with Crippen LogP contribution in [0.1, 0.15) is 44.1 Å². The summed E-state index contributed by atoms with van der Waals surface area (Å²) in [5, 5.41) is 4.70. The van der Waals surface area contributed by atoms with E-state index in [9.17, 15) is 14.4 Å². The van der Waals surface area contributed by atoms with Crippen LogP contribution in [0.4, 0.5) is 0 Å². The minimum atomic E-state index is -0.654. The average Bonchev–Trinajstić information content (AvgIpc) is 3.25. The second-order valence-corrected chi connectivity index (χ2v) is 7.51. The number of carbonyl (C=O) groups excluding carboxylic acids is 3. The van der Waals surface area contributed by atoms with Gasteiger partial charge in [0.1, 0.15) is 0 Å². The highest BCUT2D eigenvalue weighted by Gasteiger charge is 2.24. The van der Waals surface area contributed by atoms with Crippen LogP contribution in [0.15, 0.2) is 41.8 Å². The van der Waals surface area contributed by atoms with Crippen molar-refractivity contribution in [1.29, 1.82) is 0 Å². The van der Waals surface area contributed by atoms with E-state index in [1.807, 2.05) is 24.3 Å². The zero-order valence-corrected chi connectivity index (χ0v) is 15.9. The number of fused-ring (bicyclic) bond motifs is 2. The van der Waals surface area contributed by atoms with E-state index in [0.717, 1.165) is 47.8 Å². The predicted molar refractivity (Wildman–Crippen MR) is 105 cm³/mol. The second kappa shape index (κ2) is 7.90. The molecule has 0 saturated carbocycles. The highest BCUT2D eigenvalue weighted by atomic mass is 32.1. The predicted octanol–water partition coefficient (Wildman–Crippen LogP) is 3.29. The summed E-state index contributed by atoms with van der Waals surface area (Å²) in [7, 11) is 0. The molecule has 0 unspecified atom stereocenters. The molecule has 0 fully saturated rings. The molecule has 0 atom stereocenters. The number of nitrogens with zero attached hydrogens (tertiary/aromatic N) is 1. The lowest BCUT2D eigenvalue weighted by molar-refractivity contribution is -0.123. The van der Waals surface area contributed by atoms with Gasteiger partial charge in [-0.1, -0.05) is 24.3 Å². The lowest BCUT2D eigenvalue weighted by Crippen LogP contribution is -2.33. The molecule has 1 aliphatic carbocycles. The number of nitrogens with one attached hydrogen (secondary N) is 1. The summed E-state index contributed by atoms with van der Waals surface area (Å²) in [6.07, 6.45) is 3.63. The number of para-hydroxylation sites is 1. The van der Waals surface area contributed by atoms with E-state index < -0.39 is 24.4 Å². The van der Waals surface area contributed by atoms with Crippen LogP contribution in [0.5, 0.6) is 0 Å². The normalized spacial score (nSPS) is 13.0. The summed E-state index contributed by atoms with van der Waals surface area (Å²) in [5.74, 6) is -1.71. The fourth-order valence-electron chi connectivity index (χ4n) is 3.44. The highest BCUT2D eigenvalue weighted by molar-refractivity contribution is 7.12. The first kappa shape index (κ1) is 18.3. The van der Waals surface area contributed by atoms with Crippen LogP contribution < -0.4 is 5.32 Å². The first-order chi connectivity index (χ1) is 13.6. The van der Waals surface area contributed by atoms with Crippen molar-refractivity contribution in [3.05, 3.63) is 63.5 Å². The van der Waals surface area contributed by atoms with Crippen LogP contribution in [0.3, 0.4) is 0 Å². The Kier molecular flexibility index (Phi) is 5.16. The monoisotopic (exact) mass is 394 g/mol. The van der Waals surface area contributed by atoms with E-state index >= 15 is 0 Å². The van der Waals surface area contributed by atoms with Crippen molar-refractivity contribution < 1.29 is 19.1 Å². The third-order valence-electron chi connectivity index (χ3n) is 4.71. The molecule has 2 aromatic heterocycles. The van der Waals surface area contributed by atoms with Gasteiger partial charge in [0, 0.05) is 11.1 Å². The lowest BCUT2D eigenvalue weighted by Gasteiger charge is -2.19. The van der Waals surface area contributed by atoms with E-state index in [4.69, 9.17) is 9.72 Å². The number of benzene rings is 1. The van der Waals surface area contributed by atoms with Gasteiger partial charge in [0.05, 0.1) is 16.0 Å². The minimum absolute atomic E-state index is 0.425. The Morgan fingerprint density at radius 1 is 1.07 bits per heavy atom. The molecule has 142 valence electrons. The van der Waals surface area contributed by atoms with Gasteiger partial charge in [0.2, 0.25) is 0 Å². The third-order valence-corrected chi connectivity index (χ3v) is 5.57. The van der Waals surface area contributed by atoms with Gasteiger partial charge in [-0.15, -0.1) is 11.3 Å². The fourth-order valence-corrected chi connectivity index (χ4v) is 4.06. The Morgan fingerprint density at radius 2 is 1.89 bits per heavy atom. The van der Waals surface area contributed by atoms with Crippen LogP contribution in [0, 0.1) is 0 Å². The van der Waals surface area contributed by atoms with Gasteiger partial charge in [-0.2, -0.15) is 0 Å². The summed E-state index contributed by atoms with van der Waals surface area (Å²) in [6, 6.07) is 10.8. The van der Waals surface area contributed by atoms with Gasteiger partial charge in [0.15, 0.2) is 6.61 Å². The maximum atomic E-state index is 12.8. The highest BCUT2D eigenvalue weighted by Crippen LogP contribution is 2.29. The summed E-state index contributed by atoms with van der Waals surface area (Å²) < 4.78 is 5.25. The SMILES string of the molecule is O=C(COC(=O)c1c2c(nc3ccccc13)CCCC2)NC(=O)c1cccs1. The molecule has 1 N–H and O–H groups in total. The number of aromatic nitrogens is 1. The molecule has 7 heteroatoms. The molecule has 0 spiro atoms. The first-order valence-electron chi connectivity index (χ1n) is 9.09. The zero-order chi connectivity index (χ0) is 19.5. The Balaban J connectivity index is 1.52. The molecular weight excluding hydrogens is 376 g/mol. The molecule has 1 aromatic carbocycles. The minimum Gasteiger partial charge on any atom is -0.452 e. The van der Waals surface area contributed by atoms with Crippen molar-refractivity contribution in [1.82, 2.24) is 10.3 Å². The molecule has 4 rings (SSSR count). The Hall–Kier alpha value is -3.06. The lowest BCUT2D eigenvalue weighted by atomic mass is 9.90. The number of pyridine rings is 1. The maximum Gasteiger partial charge on any atom is 0.339 e. The van der Waals surface area contributed by atoms with Crippen molar-refractivity contribution in [3.8, 4) is 0 Å². The largest absolute Gasteiger partial charge is 0.452 e. The summed E-state index contributed by atoms with van der Waals surface area (Å²) in [4.78, 5) is 41.9. The van der Waals surface area contributed by atoms with Gasteiger partial charge in [-0.25, -0.2) is 4.79 Å². The Labute approximate surface area is 165 Å². The molecule has 0 radical (unpaired) electrons. The number of ether oxygens (including phenoxy) is 1. The number of aryl methyl sites for hydroxylation is 1. The van der Waals surface area contributed by atoms with Crippen molar-refractivity contribution in [3.63, 3.8) is 0 Å². The topological polar surface area (TPSA) is 85.4 Å². The molecule has 0 bridgehead atoms. The van der Waals surface area contributed by atoms with Gasteiger partial charge < -0.3 is 4.74 Å². The number of rotatable bonds is 4. The maximum absolute atomic E-state index is 12.8. The summed E-state index contributed by atoms with van der Waals surface area (Å²) in [5.41, 5.74) is 3.06. The Bertz CT molecular complexity index is 1060. The van der Waals surface area contributed by atoms with E-state index in [1.165, 1.54) is 11.3 Å². The molecule has 0 aliphatic heterocycles. The standard InChI is InChI=1S/C21H18N2O4S/c24-18(23-20(25)17-10-5-11-28-17)12-27-21(26)19-13-6-1-3-8-15(13)22-16-9-4-2-7-14(16)19/h1,3,5-6,8,10-11H,2,4,7,9,12H2,(H,23,24,25). The van der Waals surface area contributed by atoms with Gasteiger partial charge in [-0.05, 0) is 48.8 Å². The third kappa shape index (κ3) is 3.66. The number of hydrogen-bond donors (Lipinski definition) is 1. The van der Waals surface area contributed by atoms with Crippen LogP contribution in [-0.2, 0) is 22.4 Å². The molecule has 2 amide bonds. The van der Waals surface area contributed by atoms with E-state index in [1.54, 1.807) is 17.5 Å². The number of thiophene rings is 1. The van der Waals surface area contributed by atoms with Crippen molar-refractivity contribution in [2.45, 2.75) is 25.7 Å². The van der Waals surface area contributed by atoms with Crippen LogP contribution >= 0.6 is 11.3 Å². The van der Waals surface area contributed by atoms with Crippen LogP contribution in [0.25, 0.3) is 10.9 Å². The molecule has 2 heterocycles. The molecule has 0 saturated heterocycles. The number of amides is 2. The molecular formula is C21H18N2O4S. The Morgan fingerprint density at radius 3 is 2.71 bits per heavy atom. The first-order valence-corrected chi connectivity index (χ1v) is 9.97. The van der Waals surface area contributed by atoms with Gasteiger partial charge in [-0.3, -0.25) is 19.9 Å². The number of carbonyl (C=O) groups is 3. The van der Waals surface area contributed by atoms with Crippen molar-refractivity contribution in [2.75, 3.05) is 6.61 Å². The van der Waals surface area contributed by atoms with E-state index in [2.05, 4.69) is 5.32 Å². The smallest absolute Gasteiger partial charge is 0.339 e. The average molecular weight is 394 g/mol. The van der Waals surface area contributed by atoms with E-state index in [-0.39, 0.29) is 0 Å². The molecule has 1 aliphatic rings. The molecule has 3 aromatic rings. The summed E-state index contributed by atoms with van der Waals surface area (Å²) >= 11 is 1.23. The summed E-state index contributed by atoms with van der Waals surface area (Å²) in [6.45, 7) is -0.513. The van der Waals surface area contributed by atoms with Crippen LogP contribution in [0.2, 0.25) is 0 Å². The second-order valence-electron chi connectivity index (χ2n) is 6.57. The number of esters is 1. The number of hydrogen-bond acceptors (Lipinski definition) is 6. The molecule has 28 heavy (non-hydrogen) atoms. The van der Waals surface area contributed by atoms with Gasteiger partial charge in [0.25, 0.3) is 11.8 Å².